The predicted octanol–water partition coefficient (Wildman–Crippen LogP) is 4.00. The van der Waals surface area contributed by atoms with Gasteiger partial charge in [0.25, 0.3) is 0 Å². The third kappa shape index (κ3) is 2.73. The van der Waals surface area contributed by atoms with Gasteiger partial charge in [0.15, 0.2) is 0 Å². The van der Waals surface area contributed by atoms with Crippen LogP contribution in [0, 0.1) is 5.92 Å². The maximum Gasteiger partial charge on any atom is 0.133 e. The minimum absolute atomic E-state index is 0.163. The van der Waals surface area contributed by atoms with Gasteiger partial charge in [-0.05, 0) is 36.1 Å². The van der Waals surface area contributed by atoms with Gasteiger partial charge < -0.3 is 0 Å². The van der Waals surface area contributed by atoms with E-state index in [2.05, 4.69) is 37.3 Å². The standard InChI is InChI=1S/C16H18O/c1-3-14(12(2)17)10-13-8-9-15-6-4-5-7-16(15)11-13/h4-9,11,14H,3,10H2,1-2H3. The molecule has 1 nitrogen and oxygen atoms in total. The lowest BCUT2D eigenvalue weighted by Crippen LogP contribution is -2.12. The summed E-state index contributed by atoms with van der Waals surface area (Å²) in [6, 6.07) is 14.8. The summed E-state index contributed by atoms with van der Waals surface area (Å²) in [6.07, 6.45) is 1.78. The molecule has 0 saturated heterocycles. The number of Topliss-reactive ketones (excluding diaryl/α,β-unsaturated/α-hetero) is 1. The van der Waals surface area contributed by atoms with E-state index in [1.165, 1.54) is 16.3 Å². The van der Waals surface area contributed by atoms with Crippen LogP contribution >= 0.6 is 0 Å². The van der Waals surface area contributed by atoms with Crippen molar-refractivity contribution in [2.45, 2.75) is 26.7 Å². The van der Waals surface area contributed by atoms with Crippen LogP contribution in [0.1, 0.15) is 25.8 Å². The molecule has 0 amide bonds. The first-order valence-electron chi connectivity index (χ1n) is 6.19. The maximum absolute atomic E-state index is 11.4. The lowest BCUT2D eigenvalue weighted by Gasteiger charge is -2.11. The first kappa shape index (κ1) is 11.8. The molecular formula is C16H18O. The average molecular weight is 226 g/mol. The molecule has 1 atom stereocenters. The molecule has 0 bridgehead atoms. The van der Waals surface area contributed by atoms with Crippen LogP contribution in [0.15, 0.2) is 42.5 Å². The van der Waals surface area contributed by atoms with Crippen LogP contribution in [0.4, 0.5) is 0 Å². The number of fused-ring (bicyclic) bond motifs is 1. The van der Waals surface area contributed by atoms with E-state index in [4.69, 9.17) is 0 Å². The number of hydrogen-bond donors (Lipinski definition) is 0. The van der Waals surface area contributed by atoms with Gasteiger partial charge in [0, 0.05) is 5.92 Å². The quantitative estimate of drug-likeness (QED) is 0.770. The zero-order valence-electron chi connectivity index (χ0n) is 10.4. The maximum atomic E-state index is 11.4. The summed E-state index contributed by atoms with van der Waals surface area (Å²) in [7, 11) is 0. The molecule has 0 N–H and O–H groups in total. The summed E-state index contributed by atoms with van der Waals surface area (Å²) in [5.41, 5.74) is 1.26. The summed E-state index contributed by atoms with van der Waals surface area (Å²) < 4.78 is 0. The number of benzene rings is 2. The van der Waals surface area contributed by atoms with Crippen molar-refractivity contribution in [1.82, 2.24) is 0 Å². The Morgan fingerprint density at radius 3 is 2.47 bits per heavy atom. The third-order valence-corrected chi connectivity index (χ3v) is 3.36. The predicted molar refractivity (Wildman–Crippen MR) is 72.1 cm³/mol. The minimum Gasteiger partial charge on any atom is -0.300 e. The fraction of sp³-hybridized carbons (Fsp3) is 0.312. The number of rotatable bonds is 4. The molecule has 0 fully saturated rings. The SMILES string of the molecule is CCC(Cc1ccc2ccccc2c1)C(C)=O. The highest BCUT2D eigenvalue weighted by atomic mass is 16.1. The van der Waals surface area contributed by atoms with Gasteiger partial charge in [-0.2, -0.15) is 0 Å². The average Bonchev–Trinajstić information content (AvgIpc) is 2.35. The first-order chi connectivity index (χ1) is 8.20. The molecule has 0 aromatic heterocycles. The van der Waals surface area contributed by atoms with E-state index >= 15 is 0 Å². The Labute approximate surface area is 102 Å². The monoisotopic (exact) mass is 226 g/mol. The molecule has 0 aliphatic carbocycles. The summed E-state index contributed by atoms with van der Waals surface area (Å²) in [5.74, 6) is 0.455. The second-order valence-corrected chi connectivity index (χ2v) is 4.60. The largest absolute Gasteiger partial charge is 0.300 e. The van der Waals surface area contributed by atoms with E-state index in [-0.39, 0.29) is 5.92 Å². The number of ketones is 1. The van der Waals surface area contributed by atoms with Gasteiger partial charge in [-0.25, -0.2) is 0 Å². The van der Waals surface area contributed by atoms with Crippen LogP contribution in [0.25, 0.3) is 10.8 Å². The summed E-state index contributed by atoms with van der Waals surface area (Å²) in [6.45, 7) is 3.77. The van der Waals surface area contributed by atoms with Crippen molar-refractivity contribution >= 4 is 16.6 Å². The summed E-state index contributed by atoms with van der Waals surface area (Å²) in [5, 5.41) is 2.51. The Morgan fingerprint density at radius 2 is 1.82 bits per heavy atom. The van der Waals surface area contributed by atoms with Crippen molar-refractivity contribution in [1.29, 1.82) is 0 Å². The van der Waals surface area contributed by atoms with Crippen molar-refractivity contribution in [3.63, 3.8) is 0 Å². The number of carbonyl (C=O) groups is 1. The zero-order valence-corrected chi connectivity index (χ0v) is 10.4. The molecule has 88 valence electrons. The Morgan fingerprint density at radius 1 is 1.12 bits per heavy atom. The van der Waals surface area contributed by atoms with E-state index in [0.29, 0.717) is 5.78 Å². The van der Waals surface area contributed by atoms with Crippen LogP contribution in [0.3, 0.4) is 0 Å². The van der Waals surface area contributed by atoms with Gasteiger partial charge in [0.05, 0.1) is 0 Å². The van der Waals surface area contributed by atoms with Gasteiger partial charge >= 0.3 is 0 Å². The van der Waals surface area contributed by atoms with Crippen molar-refractivity contribution in [2.75, 3.05) is 0 Å². The molecule has 1 heteroatoms. The fourth-order valence-electron chi connectivity index (χ4n) is 2.23. The number of hydrogen-bond acceptors (Lipinski definition) is 1. The Kier molecular flexibility index (Phi) is 3.58. The van der Waals surface area contributed by atoms with Crippen LogP contribution in [0.5, 0.6) is 0 Å². The smallest absolute Gasteiger partial charge is 0.133 e. The molecular weight excluding hydrogens is 208 g/mol. The Balaban J connectivity index is 2.27. The number of carbonyl (C=O) groups excluding carboxylic acids is 1. The van der Waals surface area contributed by atoms with E-state index in [1.807, 2.05) is 12.1 Å². The summed E-state index contributed by atoms with van der Waals surface area (Å²) in [4.78, 5) is 11.4. The van der Waals surface area contributed by atoms with Gasteiger partial charge in [0.2, 0.25) is 0 Å². The Hall–Kier alpha value is -1.63. The van der Waals surface area contributed by atoms with Crippen molar-refractivity contribution in [3.05, 3.63) is 48.0 Å². The molecule has 0 aliphatic heterocycles. The normalized spacial score (nSPS) is 12.6. The Bertz CT molecular complexity index is 528. The second kappa shape index (κ2) is 5.13. The highest BCUT2D eigenvalue weighted by Gasteiger charge is 2.12. The molecule has 0 aliphatic rings. The molecule has 0 saturated carbocycles. The van der Waals surface area contributed by atoms with Gasteiger partial charge in [-0.3, -0.25) is 4.79 Å². The highest BCUT2D eigenvalue weighted by Crippen LogP contribution is 2.19. The summed E-state index contributed by atoms with van der Waals surface area (Å²) >= 11 is 0. The van der Waals surface area contributed by atoms with E-state index < -0.39 is 0 Å². The highest BCUT2D eigenvalue weighted by molar-refractivity contribution is 5.83. The lowest BCUT2D eigenvalue weighted by atomic mass is 9.92. The molecule has 1 unspecified atom stereocenters. The molecule has 17 heavy (non-hydrogen) atoms. The minimum atomic E-state index is 0.163. The van der Waals surface area contributed by atoms with Crippen LogP contribution < -0.4 is 0 Å². The molecule has 0 radical (unpaired) electrons. The van der Waals surface area contributed by atoms with Crippen molar-refractivity contribution in [2.24, 2.45) is 5.92 Å². The topological polar surface area (TPSA) is 17.1 Å². The third-order valence-electron chi connectivity index (χ3n) is 3.36. The second-order valence-electron chi connectivity index (χ2n) is 4.60. The zero-order chi connectivity index (χ0) is 12.3. The van der Waals surface area contributed by atoms with E-state index in [1.54, 1.807) is 6.92 Å². The van der Waals surface area contributed by atoms with Crippen LogP contribution in [0.2, 0.25) is 0 Å². The van der Waals surface area contributed by atoms with Crippen LogP contribution in [-0.4, -0.2) is 5.78 Å². The van der Waals surface area contributed by atoms with Gasteiger partial charge in [-0.1, -0.05) is 49.4 Å². The molecule has 0 heterocycles. The fourth-order valence-corrected chi connectivity index (χ4v) is 2.23. The van der Waals surface area contributed by atoms with Crippen molar-refractivity contribution < 1.29 is 4.79 Å². The van der Waals surface area contributed by atoms with E-state index in [0.717, 1.165) is 12.8 Å². The molecule has 2 aromatic rings. The van der Waals surface area contributed by atoms with Crippen LogP contribution in [-0.2, 0) is 11.2 Å². The van der Waals surface area contributed by atoms with E-state index in [9.17, 15) is 4.79 Å². The van der Waals surface area contributed by atoms with Gasteiger partial charge in [-0.15, -0.1) is 0 Å². The lowest BCUT2D eigenvalue weighted by molar-refractivity contribution is -0.120. The van der Waals surface area contributed by atoms with Gasteiger partial charge in [0.1, 0.15) is 5.78 Å². The molecule has 2 rings (SSSR count). The first-order valence-corrected chi connectivity index (χ1v) is 6.19. The molecule has 0 spiro atoms. The van der Waals surface area contributed by atoms with Crippen molar-refractivity contribution in [3.8, 4) is 0 Å². The molecule has 2 aromatic carbocycles.